The van der Waals surface area contributed by atoms with Gasteiger partial charge < -0.3 is 10.2 Å². The molecule has 0 bridgehead atoms. The van der Waals surface area contributed by atoms with Crippen LogP contribution in [0, 0.1) is 0 Å². The maximum atomic E-state index is 12.8. The van der Waals surface area contributed by atoms with E-state index >= 15 is 0 Å². The first kappa shape index (κ1) is 19.7. The quantitative estimate of drug-likeness (QED) is 0.614. The molecule has 142 valence electrons. The van der Waals surface area contributed by atoms with Gasteiger partial charge in [-0.15, -0.1) is 0 Å². The maximum absolute atomic E-state index is 12.8. The van der Waals surface area contributed by atoms with E-state index in [4.69, 9.17) is 0 Å². The molecular weight excluding hydrogens is 420 g/mol. The van der Waals surface area contributed by atoms with E-state index in [2.05, 4.69) is 31.2 Å². The summed E-state index contributed by atoms with van der Waals surface area (Å²) in [4.78, 5) is 34.9. The van der Waals surface area contributed by atoms with Crippen molar-refractivity contribution < 1.29 is 9.59 Å². The third-order valence-electron chi connectivity index (χ3n) is 4.06. The van der Waals surface area contributed by atoms with Gasteiger partial charge in [0.2, 0.25) is 5.91 Å². The summed E-state index contributed by atoms with van der Waals surface area (Å²) < 4.78 is 0.808. The third-order valence-corrected chi connectivity index (χ3v) is 4.55. The summed E-state index contributed by atoms with van der Waals surface area (Å²) in [5.74, 6) is -0.469. The second-order valence-electron chi connectivity index (χ2n) is 6.16. The molecule has 2 amide bonds. The van der Waals surface area contributed by atoms with E-state index in [1.807, 2.05) is 30.3 Å². The van der Waals surface area contributed by atoms with Crippen LogP contribution in [-0.2, 0) is 17.9 Å². The van der Waals surface area contributed by atoms with E-state index in [1.54, 1.807) is 47.9 Å². The Morgan fingerprint density at radius 2 is 1.71 bits per heavy atom. The molecule has 3 aromatic rings. The lowest BCUT2D eigenvalue weighted by Gasteiger charge is -2.23. The molecule has 0 fully saturated rings. The second-order valence-corrected chi connectivity index (χ2v) is 7.08. The highest BCUT2D eigenvalue weighted by molar-refractivity contribution is 9.10. The molecule has 1 aromatic carbocycles. The number of halogens is 1. The summed E-state index contributed by atoms with van der Waals surface area (Å²) in [6.45, 7) is 0.738. The molecule has 0 radical (unpaired) electrons. The van der Waals surface area contributed by atoms with Crippen molar-refractivity contribution in [3.63, 3.8) is 0 Å². The fourth-order valence-electron chi connectivity index (χ4n) is 2.65. The molecule has 0 spiro atoms. The Labute approximate surface area is 171 Å². The summed E-state index contributed by atoms with van der Waals surface area (Å²) in [5.41, 5.74) is 2.38. The first-order chi connectivity index (χ1) is 13.6. The highest BCUT2D eigenvalue weighted by Gasteiger charge is 2.16. The number of hydrogen-bond donors (Lipinski definition) is 1. The summed E-state index contributed by atoms with van der Waals surface area (Å²) >= 11 is 3.34. The number of nitrogens with one attached hydrogen (secondary N) is 1. The van der Waals surface area contributed by atoms with Gasteiger partial charge in [0.15, 0.2) is 0 Å². The van der Waals surface area contributed by atoms with E-state index in [-0.39, 0.29) is 18.4 Å². The number of nitrogens with zero attached hydrogens (tertiary/aromatic N) is 3. The molecule has 2 aromatic heterocycles. The number of benzene rings is 1. The van der Waals surface area contributed by atoms with Gasteiger partial charge in [0, 0.05) is 47.9 Å². The van der Waals surface area contributed by atoms with Crippen molar-refractivity contribution in [3.05, 3.63) is 94.5 Å². The fraction of sp³-hybridized carbons (Fsp3) is 0.143. The highest BCUT2D eigenvalue weighted by atomic mass is 79.9. The first-order valence-corrected chi connectivity index (χ1v) is 9.50. The molecular formula is C21H19BrN4O2. The number of amides is 2. The van der Waals surface area contributed by atoms with Crippen LogP contribution in [0.4, 0.5) is 0 Å². The summed E-state index contributed by atoms with van der Waals surface area (Å²) in [6, 6.07) is 14.5. The van der Waals surface area contributed by atoms with Crippen molar-refractivity contribution in [1.82, 2.24) is 20.2 Å². The molecule has 0 saturated carbocycles. The van der Waals surface area contributed by atoms with Gasteiger partial charge in [-0.05, 0) is 47.5 Å². The maximum Gasteiger partial charge on any atom is 0.251 e. The van der Waals surface area contributed by atoms with Gasteiger partial charge in [-0.2, -0.15) is 0 Å². The fourth-order valence-corrected chi connectivity index (χ4v) is 3.05. The van der Waals surface area contributed by atoms with Crippen LogP contribution >= 0.6 is 15.9 Å². The van der Waals surface area contributed by atoms with Crippen molar-refractivity contribution in [2.24, 2.45) is 0 Å². The number of pyridine rings is 2. The zero-order valence-electron chi connectivity index (χ0n) is 15.1. The van der Waals surface area contributed by atoms with Crippen LogP contribution in [-0.4, -0.2) is 33.2 Å². The van der Waals surface area contributed by atoms with Crippen molar-refractivity contribution >= 4 is 27.7 Å². The highest BCUT2D eigenvalue weighted by Crippen LogP contribution is 2.12. The van der Waals surface area contributed by atoms with Gasteiger partial charge in [0.05, 0.1) is 6.54 Å². The van der Waals surface area contributed by atoms with Crippen LogP contribution in [0.1, 0.15) is 21.5 Å². The second kappa shape index (κ2) is 9.75. The minimum absolute atomic E-state index is 0.0866. The van der Waals surface area contributed by atoms with Gasteiger partial charge in [0.25, 0.3) is 5.91 Å². The predicted molar refractivity (Wildman–Crippen MR) is 109 cm³/mol. The minimum atomic E-state index is -0.292. The van der Waals surface area contributed by atoms with Crippen molar-refractivity contribution in [2.45, 2.75) is 13.1 Å². The number of hydrogen-bond acceptors (Lipinski definition) is 4. The monoisotopic (exact) mass is 438 g/mol. The van der Waals surface area contributed by atoms with E-state index < -0.39 is 0 Å². The molecule has 3 rings (SSSR count). The van der Waals surface area contributed by atoms with E-state index in [0.717, 1.165) is 15.6 Å². The van der Waals surface area contributed by atoms with E-state index in [9.17, 15) is 9.59 Å². The molecule has 0 unspecified atom stereocenters. The van der Waals surface area contributed by atoms with Crippen molar-refractivity contribution in [3.8, 4) is 0 Å². The number of carbonyl (C=O) groups is 2. The van der Waals surface area contributed by atoms with E-state index in [0.29, 0.717) is 18.7 Å². The van der Waals surface area contributed by atoms with Crippen LogP contribution < -0.4 is 5.32 Å². The number of aromatic nitrogens is 2. The molecule has 0 aliphatic carbocycles. The Morgan fingerprint density at radius 1 is 0.929 bits per heavy atom. The standard InChI is InChI=1S/C21H19BrN4O2/c22-19-5-1-4-18(11-19)21(28)25-13-20(27)26(14-16-6-9-23-10-7-16)15-17-3-2-8-24-12-17/h1-12H,13-15H2,(H,25,28). The van der Waals surface area contributed by atoms with Gasteiger partial charge >= 0.3 is 0 Å². The lowest BCUT2D eigenvalue weighted by atomic mass is 10.2. The Bertz CT molecular complexity index is 894. The lowest BCUT2D eigenvalue weighted by molar-refractivity contribution is -0.131. The first-order valence-electron chi connectivity index (χ1n) is 8.71. The summed E-state index contributed by atoms with van der Waals surface area (Å²) in [6.07, 6.45) is 6.80. The third kappa shape index (κ3) is 5.72. The number of rotatable bonds is 7. The van der Waals surface area contributed by atoms with Crippen molar-refractivity contribution in [1.29, 1.82) is 0 Å². The van der Waals surface area contributed by atoms with Crippen LogP contribution in [0.5, 0.6) is 0 Å². The van der Waals surface area contributed by atoms with Gasteiger partial charge in [-0.25, -0.2) is 0 Å². The Hall–Kier alpha value is -3.06. The normalized spacial score (nSPS) is 10.3. The smallest absolute Gasteiger partial charge is 0.251 e. The summed E-state index contributed by atoms with van der Waals surface area (Å²) in [5, 5.41) is 2.70. The molecule has 0 aliphatic rings. The van der Waals surface area contributed by atoms with Gasteiger partial charge in [-0.1, -0.05) is 28.1 Å². The van der Waals surface area contributed by atoms with Crippen molar-refractivity contribution in [2.75, 3.05) is 6.54 Å². The Morgan fingerprint density at radius 3 is 2.43 bits per heavy atom. The topological polar surface area (TPSA) is 75.2 Å². The molecule has 0 saturated heterocycles. The SMILES string of the molecule is O=C(NCC(=O)N(Cc1ccncc1)Cc1cccnc1)c1cccc(Br)c1. The average Bonchev–Trinajstić information content (AvgIpc) is 2.73. The molecule has 0 aliphatic heterocycles. The average molecular weight is 439 g/mol. The van der Waals surface area contributed by atoms with Gasteiger partial charge in [0.1, 0.15) is 0 Å². The molecule has 2 heterocycles. The predicted octanol–water partition coefficient (Wildman–Crippen LogP) is 3.20. The van der Waals surface area contributed by atoms with Crippen LogP contribution in [0.15, 0.2) is 77.8 Å². The van der Waals surface area contributed by atoms with Crippen LogP contribution in [0.2, 0.25) is 0 Å². The minimum Gasteiger partial charge on any atom is -0.343 e. The Kier molecular flexibility index (Phi) is 6.86. The molecule has 1 N–H and O–H groups in total. The largest absolute Gasteiger partial charge is 0.343 e. The molecule has 7 heteroatoms. The van der Waals surface area contributed by atoms with Gasteiger partial charge in [-0.3, -0.25) is 19.6 Å². The number of carbonyl (C=O) groups excluding carboxylic acids is 2. The zero-order valence-corrected chi connectivity index (χ0v) is 16.7. The molecule has 6 nitrogen and oxygen atoms in total. The molecule has 0 atom stereocenters. The summed E-state index contributed by atoms with van der Waals surface area (Å²) in [7, 11) is 0. The Balaban J connectivity index is 1.67. The molecule has 28 heavy (non-hydrogen) atoms. The van der Waals surface area contributed by atoms with Crippen LogP contribution in [0.25, 0.3) is 0 Å². The zero-order chi connectivity index (χ0) is 19.8. The van der Waals surface area contributed by atoms with E-state index in [1.165, 1.54) is 0 Å². The lowest BCUT2D eigenvalue weighted by Crippen LogP contribution is -2.39. The van der Waals surface area contributed by atoms with Crippen LogP contribution in [0.3, 0.4) is 0 Å².